The van der Waals surface area contributed by atoms with Crippen LogP contribution in [0.5, 0.6) is 0 Å². The smallest absolute Gasteiger partial charge is 0.336 e. The van der Waals surface area contributed by atoms with Gasteiger partial charge in [0, 0.05) is 0 Å². The lowest BCUT2D eigenvalue weighted by atomic mass is 9.93. The van der Waals surface area contributed by atoms with Crippen molar-refractivity contribution < 1.29 is 19.8 Å². The molecule has 0 aliphatic heterocycles. The predicted octanol–water partition coefficient (Wildman–Crippen LogP) is 3.87. The highest BCUT2D eigenvalue weighted by atomic mass is 16.4. The summed E-state index contributed by atoms with van der Waals surface area (Å²) in [6, 6.07) is 10.3. The summed E-state index contributed by atoms with van der Waals surface area (Å²) in [7, 11) is 0. The number of benzene rings is 3. The van der Waals surface area contributed by atoms with Crippen LogP contribution in [0.4, 0.5) is 0 Å². The van der Waals surface area contributed by atoms with E-state index in [-0.39, 0.29) is 11.1 Å². The molecule has 0 saturated carbocycles. The Balaban J connectivity index is 2.22. The highest BCUT2D eigenvalue weighted by molar-refractivity contribution is 6.20. The van der Waals surface area contributed by atoms with Crippen molar-refractivity contribution in [3.63, 3.8) is 0 Å². The molecule has 3 aromatic rings. The molecule has 2 N–H and O–H groups in total. The maximum absolute atomic E-state index is 11.4. The van der Waals surface area contributed by atoms with E-state index >= 15 is 0 Å². The molecule has 4 nitrogen and oxygen atoms in total. The standard InChI is InChI=1S/C18H10O4/c19-17(20)13-3-1-2-10-11-6-7-12-14(18(21)22)5-4-9(16(11)12)8-15(10)13/h1-8H,(H,19,20)(H,21,22). The summed E-state index contributed by atoms with van der Waals surface area (Å²) in [5.74, 6) is -1.93. The largest absolute Gasteiger partial charge is 0.478 e. The van der Waals surface area contributed by atoms with Gasteiger partial charge in [0.2, 0.25) is 0 Å². The molecule has 0 saturated heterocycles. The van der Waals surface area contributed by atoms with Crippen molar-refractivity contribution in [1.29, 1.82) is 0 Å². The Bertz CT molecular complexity index is 1030. The first-order valence-corrected chi connectivity index (χ1v) is 6.75. The number of carbonyl (C=O) groups is 2. The molecule has 1 aliphatic rings. The van der Waals surface area contributed by atoms with Crippen molar-refractivity contribution in [3.8, 4) is 0 Å². The molecule has 4 rings (SSSR count). The summed E-state index contributed by atoms with van der Waals surface area (Å²) in [5, 5.41) is 21.9. The first-order valence-electron chi connectivity index (χ1n) is 6.75. The topological polar surface area (TPSA) is 74.6 Å². The molecule has 0 radical (unpaired) electrons. The molecular weight excluding hydrogens is 280 g/mol. The zero-order chi connectivity index (χ0) is 15.4. The summed E-state index contributed by atoms with van der Waals surface area (Å²) in [6.45, 7) is 0. The summed E-state index contributed by atoms with van der Waals surface area (Å²) in [4.78, 5) is 22.8. The molecule has 106 valence electrons. The van der Waals surface area contributed by atoms with Crippen LogP contribution < -0.4 is 0 Å². The van der Waals surface area contributed by atoms with Gasteiger partial charge in [-0.25, -0.2) is 9.59 Å². The van der Waals surface area contributed by atoms with Crippen molar-refractivity contribution in [2.24, 2.45) is 0 Å². The third kappa shape index (κ3) is 1.52. The number of rotatable bonds is 2. The van der Waals surface area contributed by atoms with Crippen molar-refractivity contribution >= 4 is 45.6 Å². The Morgan fingerprint density at radius 1 is 0.773 bits per heavy atom. The summed E-state index contributed by atoms with van der Waals surface area (Å²) in [6.07, 6.45) is 3.64. The molecule has 1 aliphatic carbocycles. The average Bonchev–Trinajstić information content (AvgIpc) is 2.93. The van der Waals surface area contributed by atoms with Gasteiger partial charge in [0.15, 0.2) is 0 Å². The molecule has 0 fully saturated rings. The van der Waals surface area contributed by atoms with E-state index in [9.17, 15) is 19.8 Å². The summed E-state index contributed by atoms with van der Waals surface area (Å²) in [5.41, 5.74) is 2.08. The number of fused-ring (bicyclic) bond motifs is 2. The van der Waals surface area contributed by atoms with Crippen LogP contribution in [-0.4, -0.2) is 22.2 Å². The third-order valence-corrected chi connectivity index (χ3v) is 4.12. The Morgan fingerprint density at radius 3 is 2.23 bits per heavy atom. The minimum Gasteiger partial charge on any atom is -0.478 e. The fraction of sp³-hybridized carbons (Fsp3) is 0. The van der Waals surface area contributed by atoms with E-state index in [1.807, 2.05) is 18.2 Å². The molecule has 0 aromatic heterocycles. The van der Waals surface area contributed by atoms with Crippen LogP contribution in [0.1, 0.15) is 31.8 Å². The monoisotopic (exact) mass is 290 g/mol. The highest BCUT2D eigenvalue weighted by Crippen LogP contribution is 2.39. The van der Waals surface area contributed by atoms with Gasteiger partial charge in [-0.05, 0) is 50.9 Å². The van der Waals surface area contributed by atoms with E-state index < -0.39 is 11.9 Å². The predicted molar refractivity (Wildman–Crippen MR) is 84.3 cm³/mol. The fourth-order valence-electron chi connectivity index (χ4n) is 3.19. The first kappa shape index (κ1) is 12.6. The second kappa shape index (κ2) is 4.18. The van der Waals surface area contributed by atoms with Gasteiger partial charge in [0.1, 0.15) is 0 Å². The molecule has 3 aromatic carbocycles. The van der Waals surface area contributed by atoms with E-state index in [4.69, 9.17) is 0 Å². The van der Waals surface area contributed by atoms with Gasteiger partial charge in [-0.3, -0.25) is 0 Å². The lowest BCUT2D eigenvalue weighted by Crippen LogP contribution is -2.00. The van der Waals surface area contributed by atoms with E-state index in [1.165, 1.54) is 0 Å². The third-order valence-electron chi connectivity index (χ3n) is 4.12. The second-order valence-corrected chi connectivity index (χ2v) is 5.26. The summed E-state index contributed by atoms with van der Waals surface area (Å²) < 4.78 is 0. The van der Waals surface area contributed by atoms with E-state index in [2.05, 4.69) is 0 Å². The minimum absolute atomic E-state index is 0.250. The van der Waals surface area contributed by atoms with Crippen LogP contribution in [0.3, 0.4) is 0 Å². The lowest BCUT2D eigenvalue weighted by Gasteiger charge is -2.10. The fourth-order valence-corrected chi connectivity index (χ4v) is 3.19. The number of aromatic carboxylic acids is 2. The molecule has 0 bridgehead atoms. The second-order valence-electron chi connectivity index (χ2n) is 5.26. The van der Waals surface area contributed by atoms with Crippen LogP contribution in [0.2, 0.25) is 0 Å². The quantitative estimate of drug-likeness (QED) is 0.549. The molecular formula is C18H10O4. The Kier molecular flexibility index (Phi) is 2.39. The van der Waals surface area contributed by atoms with Gasteiger partial charge in [0.05, 0.1) is 11.1 Å². The number of hydrogen-bond donors (Lipinski definition) is 2. The normalized spacial score (nSPS) is 12.2. The number of hydrogen-bond acceptors (Lipinski definition) is 2. The zero-order valence-electron chi connectivity index (χ0n) is 11.3. The van der Waals surface area contributed by atoms with Gasteiger partial charge in [-0.2, -0.15) is 0 Å². The Morgan fingerprint density at radius 2 is 1.50 bits per heavy atom. The van der Waals surface area contributed by atoms with E-state index in [0.717, 1.165) is 21.7 Å². The highest BCUT2D eigenvalue weighted by Gasteiger charge is 2.20. The van der Waals surface area contributed by atoms with Crippen LogP contribution in [0, 0.1) is 0 Å². The van der Waals surface area contributed by atoms with Gasteiger partial charge in [-0.15, -0.1) is 0 Å². The summed E-state index contributed by atoms with van der Waals surface area (Å²) >= 11 is 0. The van der Waals surface area contributed by atoms with Gasteiger partial charge in [0.25, 0.3) is 0 Å². The maximum atomic E-state index is 11.4. The Hall–Kier alpha value is -3.14. The van der Waals surface area contributed by atoms with Gasteiger partial charge in [-0.1, -0.05) is 30.4 Å². The zero-order valence-corrected chi connectivity index (χ0v) is 11.3. The lowest BCUT2D eigenvalue weighted by molar-refractivity contribution is 0.0687. The SMILES string of the molecule is O=C(O)c1ccc2cc3c(C(=O)O)cccc3c3c2c1C=C3. The van der Waals surface area contributed by atoms with E-state index in [0.29, 0.717) is 10.9 Å². The van der Waals surface area contributed by atoms with Crippen LogP contribution >= 0.6 is 0 Å². The molecule has 22 heavy (non-hydrogen) atoms. The molecule has 0 heterocycles. The molecule has 0 spiro atoms. The molecule has 0 atom stereocenters. The molecule has 4 heteroatoms. The number of carboxylic acids is 2. The van der Waals surface area contributed by atoms with Crippen molar-refractivity contribution in [2.45, 2.75) is 0 Å². The van der Waals surface area contributed by atoms with Crippen LogP contribution in [0.15, 0.2) is 36.4 Å². The van der Waals surface area contributed by atoms with Crippen molar-refractivity contribution in [3.05, 3.63) is 58.7 Å². The molecule has 0 unspecified atom stereocenters. The maximum Gasteiger partial charge on any atom is 0.336 e. The van der Waals surface area contributed by atoms with Crippen molar-refractivity contribution in [1.82, 2.24) is 0 Å². The molecule has 0 amide bonds. The van der Waals surface area contributed by atoms with Gasteiger partial charge < -0.3 is 10.2 Å². The number of carboxylic acid groups (broad SMARTS) is 2. The van der Waals surface area contributed by atoms with Crippen LogP contribution in [-0.2, 0) is 0 Å². The van der Waals surface area contributed by atoms with Crippen molar-refractivity contribution in [2.75, 3.05) is 0 Å². The van der Waals surface area contributed by atoms with Crippen LogP contribution in [0.25, 0.3) is 33.7 Å². The average molecular weight is 290 g/mol. The Labute approximate surface area is 124 Å². The van der Waals surface area contributed by atoms with Gasteiger partial charge >= 0.3 is 11.9 Å². The minimum atomic E-state index is -0.971. The van der Waals surface area contributed by atoms with E-state index in [1.54, 1.807) is 30.3 Å². The first-order chi connectivity index (χ1) is 10.6.